The van der Waals surface area contributed by atoms with Gasteiger partial charge in [0.15, 0.2) is 0 Å². The molecule has 4 amide bonds. The minimum Gasteiger partial charge on any atom is -0.325 e. The number of hydrogen-bond donors (Lipinski definition) is 1. The number of carbonyl (C=O) groups excluding carboxylic acids is 3. The Balaban J connectivity index is 1.66. The number of rotatable bonds is 4. The van der Waals surface area contributed by atoms with Crippen LogP contribution in [0.2, 0.25) is 0 Å². The highest BCUT2D eigenvalue weighted by atomic mass is 79.9. The first-order chi connectivity index (χ1) is 11.5. The second kappa shape index (κ2) is 6.84. The van der Waals surface area contributed by atoms with E-state index in [1.165, 1.54) is 4.90 Å². The van der Waals surface area contributed by atoms with E-state index in [1.54, 1.807) is 48.5 Å². The molecule has 0 saturated carbocycles. The summed E-state index contributed by atoms with van der Waals surface area (Å²) in [6, 6.07) is 15.4. The number of amides is 4. The highest BCUT2D eigenvalue weighted by molar-refractivity contribution is 9.10. The summed E-state index contributed by atoms with van der Waals surface area (Å²) >= 11 is 3.31. The Kier molecular flexibility index (Phi) is 4.61. The summed E-state index contributed by atoms with van der Waals surface area (Å²) in [6.07, 6.45) is 0. The molecule has 0 spiro atoms. The number of para-hydroxylation sites is 1. The molecule has 2 aromatic rings. The molecule has 1 saturated heterocycles. The van der Waals surface area contributed by atoms with Crippen molar-refractivity contribution >= 4 is 45.2 Å². The second-order valence-electron chi connectivity index (χ2n) is 5.24. The van der Waals surface area contributed by atoms with E-state index in [-0.39, 0.29) is 13.1 Å². The fraction of sp³-hybridized carbons (Fsp3) is 0.118. The normalized spacial score (nSPS) is 14.2. The number of anilines is 2. The standard InChI is InChI=1S/C17H14BrN3O3/c18-12-6-8-13(9-7-12)19-15(22)10-21-16(23)11-20(17(21)24)14-4-2-1-3-5-14/h1-9H,10-11H2,(H,19,22). The first-order valence-corrected chi connectivity index (χ1v) is 8.06. The average molecular weight is 388 g/mol. The number of carbonyl (C=O) groups is 3. The van der Waals surface area contributed by atoms with Crippen molar-refractivity contribution in [3.63, 3.8) is 0 Å². The van der Waals surface area contributed by atoms with Crippen molar-refractivity contribution in [3.05, 3.63) is 59.1 Å². The molecule has 0 unspecified atom stereocenters. The molecule has 24 heavy (non-hydrogen) atoms. The van der Waals surface area contributed by atoms with Crippen molar-refractivity contribution in [2.75, 3.05) is 23.3 Å². The summed E-state index contributed by atoms with van der Waals surface area (Å²) in [7, 11) is 0. The quantitative estimate of drug-likeness (QED) is 0.819. The molecule has 2 aromatic carbocycles. The lowest BCUT2D eigenvalue weighted by atomic mass is 10.3. The van der Waals surface area contributed by atoms with Crippen LogP contribution < -0.4 is 10.2 Å². The van der Waals surface area contributed by atoms with E-state index in [2.05, 4.69) is 21.2 Å². The average Bonchev–Trinajstić information content (AvgIpc) is 2.86. The number of benzene rings is 2. The van der Waals surface area contributed by atoms with Gasteiger partial charge < -0.3 is 5.32 Å². The summed E-state index contributed by atoms with van der Waals surface area (Å²) in [6.45, 7) is -0.370. The summed E-state index contributed by atoms with van der Waals surface area (Å²) < 4.78 is 0.893. The van der Waals surface area contributed by atoms with E-state index >= 15 is 0 Å². The Morgan fingerprint density at radius 3 is 2.38 bits per heavy atom. The van der Waals surface area contributed by atoms with Gasteiger partial charge >= 0.3 is 6.03 Å². The van der Waals surface area contributed by atoms with Gasteiger partial charge in [-0.1, -0.05) is 34.1 Å². The molecular formula is C17H14BrN3O3. The van der Waals surface area contributed by atoms with Gasteiger partial charge in [-0.05, 0) is 36.4 Å². The van der Waals surface area contributed by atoms with Crippen molar-refractivity contribution in [1.29, 1.82) is 0 Å². The van der Waals surface area contributed by atoms with Crippen LogP contribution in [-0.4, -0.2) is 35.8 Å². The third-order valence-corrected chi connectivity index (χ3v) is 4.08. The predicted molar refractivity (Wildman–Crippen MR) is 93.7 cm³/mol. The van der Waals surface area contributed by atoms with Crippen LogP contribution in [0.4, 0.5) is 16.2 Å². The Bertz CT molecular complexity index is 777. The Hall–Kier alpha value is -2.67. The van der Waals surface area contributed by atoms with Gasteiger partial charge in [0.25, 0.3) is 5.91 Å². The molecule has 0 bridgehead atoms. The molecule has 1 aliphatic rings. The van der Waals surface area contributed by atoms with Crippen molar-refractivity contribution in [1.82, 2.24) is 4.90 Å². The molecule has 7 heteroatoms. The number of urea groups is 1. The zero-order chi connectivity index (χ0) is 17.1. The molecule has 1 heterocycles. The summed E-state index contributed by atoms with van der Waals surface area (Å²) in [5, 5.41) is 2.67. The number of halogens is 1. The maximum Gasteiger partial charge on any atom is 0.332 e. The van der Waals surface area contributed by atoms with Gasteiger partial charge in [0, 0.05) is 15.8 Å². The number of nitrogens with one attached hydrogen (secondary N) is 1. The van der Waals surface area contributed by atoms with E-state index in [4.69, 9.17) is 0 Å². The van der Waals surface area contributed by atoms with Gasteiger partial charge in [-0.25, -0.2) is 4.79 Å². The van der Waals surface area contributed by atoms with Crippen LogP contribution in [0.5, 0.6) is 0 Å². The lowest BCUT2D eigenvalue weighted by Crippen LogP contribution is -2.39. The van der Waals surface area contributed by atoms with Crippen LogP contribution in [0.1, 0.15) is 0 Å². The van der Waals surface area contributed by atoms with E-state index in [0.29, 0.717) is 11.4 Å². The van der Waals surface area contributed by atoms with Gasteiger partial charge in [-0.2, -0.15) is 0 Å². The van der Waals surface area contributed by atoms with E-state index in [1.807, 2.05) is 6.07 Å². The summed E-state index contributed by atoms with van der Waals surface area (Å²) in [5.41, 5.74) is 1.23. The van der Waals surface area contributed by atoms with Gasteiger partial charge in [-0.3, -0.25) is 19.4 Å². The van der Waals surface area contributed by atoms with Crippen LogP contribution in [0, 0.1) is 0 Å². The number of nitrogens with zero attached hydrogens (tertiary/aromatic N) is 2. The zero-order valence-corrected chi connectivity index (χ0v) is 14.2. The minimum absolute atomic E-state index is 0.0611. The van der Waals surface area contributed by atoms with Gasteiger partial charge in [-0.15, -0.1) is 0 Å². The molecule has 3 rings (SSSR count). The largest absolute Gasteiger partial charge is 0.332 e. The molecular weight excluding hydrogens is 374 g/mol. The van der Waals surface area contributed by atoms with Crippen LogP contribution >= 0.6 is 15.9 Å². The highest BCUT2D eigenvalue weighted by Crippen LogP contribution is 2.20. The molecule has 1 fully saturated rings. The van der Waals surface area contributed by atoms with Crippen LogP contribution in [0.3, 0.4) is 0 Å². The topological polar surface area (TPSA) is 69.7 Å². The van der Waals surface area contributed by atoms with Gasteiger partial charge in [0.2, 0.25) is 5.91 Å². The van der Waals surface area contributed by atoms with E-state index in [9.17, 15) is 14.4 Å². The summed E-state index contributed by atoms with van der Waals surface area (Å²) in [5.74, 6) is -0.816. The third-order valence-electron chi connectivity index (χ3n) is 3.55. The lowest BCUT2D eigenvalue weighted by molar-refractivity contribution is -0.128. The Morgan fingerprint density at radius 2 is 1.71 bits per heavy atom. The minimum atomic E-state index is -0.489. The first kappa shape index (κ1) is 16.2. The van der Waals surface area contributed by atoms with E-state index < -0.39 is 17.8 Å². The maximum absolute atomic E-state index is 12.4. The van der Waals surface area contributed by atoms with Gasteiger partial charge in [0.1, 0.15) is 13.1 Å². The maximum atomic E-state index is 12.4. The second-order valence-corrected chi connectivity index (χ2v) is 6.15. The SMILES string of the molecule is O=C(CN1C(=O)CN(c2ccccc2)C1=O)Nc1ccc(Br)cc1. The first-order valence-electron chi connectivity index (χ1n) is 7.27. The fourth-order valence-electron chi connectivity index (χ4n) is 2.38. The summed E-state index contributed by atoms with van der Waals surface area (Å²) in [4.78, 5) is 38.9. The van der Waals surface area contributed by atoms with Crippen LogP contribution in [0.25, 0.3) is 0 Å². The van der Waals surface area contributed by atoms with Crippen LogP contribution in [0.15, 0.2) is 59.1 Å². The fourth-order valence-corrected chi connectivity index (χ4v) is 2.65. The molecule has 0 radical (unpaired) electrons. The lowest BCUT2D eigenvalue weighted by Gasteiger charge is -2.16. The molecule has 6 nitrogen and oxygen atoms in total. The molecule has 0 aliphatic carbocycles. The molecule has 1 aliphatic heterocycles. The molecule has 122 valence electrons. The Morgan fingerprint density at radius 1 is 1.04 bits per heavy atom. The van der Waals surface area contributed by atoms with Crippen molar-refractivity contribution < 1.29 is 14.4 Å². The number of imide groups is 1. The predicted octanol–water partition coefficient (Wildman–Crippen LogP) is 2.86. The van der Waals surface area contributed by atoms with Gasteiger partial charge in [0.05, 0.1) is 0 Å². The van der Waals surface area contributed by atoms with Crippen LogP contribution in [-0.2, 0) is 9.59 Å². The van der Waals surface area contributed by atoms with Crippen molar-refractivity contribution in [2.45, 2.75) is 0 Å². The molecule has 0 atom stereocenters. The molecule has 0 aromatic heterocycles. The number of hydrogen-bond acceptors (Lipinski definition) is 3. The Labute approximate surface area is 147 Å². The third kappa shape index (κ3) is 3.46. The highest BCUT2D eigenvalue weighted by Gasteiger charge is 2.37. The monoisotopic (exact) mass is 387 g/mol. The van der Waals surface area contributed by atoms with Crippen molar-refractivity contribution in [3.8, 4) is 0 Å². The molecule has 1 N–H and O–H groups in total. The van der Waals surface area contributed by atoms with Crippen molar-refractivity contribution in [2.24, 2.45) is 0 Å². The van der Waals surface area contributed by atoms with E-state index in [0.717, 1.165) is 9.37 Å². The zero-order valence-electron chi connectivity index (χ0n) is 12.6. The smallest absolute Gasteiger partial charge is 0.325 e.